The Morgan fingerprint density at radius 3 is 2.47 bits per heavy atom. The van der Waals surface area contributed by atoms with Gasteiger partial charge in [-0.05, 0) is 31.1 Å². The van der Waals surface area contributed by atoms with Crippen LogP contribution in [-0.4, -0.2) is 5.75 Å². The normalized spacial score (nSPS) is 10.9. The standard InChI is InChI=1S/C17H30NS/c1-4-6-7-8-9-10-13-19-15-18-12-11-17(5-2)16(3)14-18/h11-12,14H,4-10,13,15H2,1-3H3/q+1. The smallest absolute Gasteiger partial charge is 0.194 e. The summed E-state index contributed by atoms with van der Waals surface area (Å²) in [6.45, 7) is 6.71. The first-order valence-corrected chi connectivity index (χ1v) is 8.99. The molecule has 108 valence electrons. The second-order valence-electron chi connectivity index (χ2n) is 5.33. The van der Waals surface area contributed by atoms with Crippen LogP contribution in [0.3, 0.4) is 0 Å². The quantitative estimate of drug-likeness (QED) is 0.435. The van der Waals surface area contributed by atoms with Crippen molar-refractivity contribution in [1.82, 2.24) is 0 Å². The number of aromatic nitrogens is 1. The van der Waals surface area contributed by atoms with Gasteiger partial charge in [-0.1, -0.05) is 57.7 Å². The molecule has 1 aromatic heterocycles. The number of thioether (sulfide) groups is 1. The van der Waals surface area contributed by atoms with E-state index >= 15 is 0 Å². The lowest BCUT2D eigenvalue weighted by Gasteiger charge is -2.03. The predicted molar refractivity (Wildman–Crippen MR) is 86.6 cm³/mol. The van der Waals surface area contributed by atoms with Gasteiger partial charge < -0.3 is 0 Å². The average molecular weight is 281 g/mol. The number of rotatable bonds is 10. The fraction of sp³-hybridized carbons (Fsp3) is 0.706. The SMILES string of the molecule is CCCCCCCCSC[n+]1ccc(CC)c(C)c1. The van der Waals surface area contributed by atoms with E-state index in [1.165, 1.54) is 55.4 Å². The van der Waals surface area contributed by atoms with Gasteiger partial charge in [0.15, 0.2) is 18.3 Å². The van der Waals surface area contributed by atoms with Crippen molar-refractivity contribution in [1.29, 1.82) is 0 Å². The molecule has 2 heteroatoms. The molecule has 0 radical (unpaired) electrons. The zero-order valence-electron chi connectivity index (χ0n) is 13.0. The number of nitrogens with zero attached hydrogens (tertiary/aromatic N) is 1. The van der Waals surface area contributed by atoms with Crippen LogP contribution in [0.15, 0.2) is 18.5 Å². The van der Waals surface area contributed by atoms with Gasteiger partial charge in [0.1, 0.15) is 0 Å². The molecule has 0 aliphatic carbocycles. The molecule has 0 N–H and O–H groups in total. The van der Waals surface area contributed by atoms with Crippen molar-refractivity contribution in [3.63, 3.8) is 0 Å². The first kappa shape index (κ1) is 16.6. The van der Waals surface area contributed by atoms with Crippen LogP contribution in [0.5, 0.6) is 0 Å². The minimum absolute atomic E-state index is 1.10. The van der Waals surface area contributed by atoms with Gasteiger partial charge in [-0.2, -0.15) is 4.57 Å². The van der Waals surface area contributed by atoms with Crippen LogP contribution in [0.25, 0.3) is 0 Å². The summed E-state index contributed by atoms with van der Waals surface area (Å²) in [5, 5.41) is 0. The van der Waals surface area contributed by atoms with Gasteiger partial charge in [-0.25, -0.2) is 0 Å². The summed E-state index contributed by atoms with van der Waals surface area (Å²) in [5.74, 6) is 2.40. The summed E-state index contributed by atoms with van der Waals surface area (Å²) < 4.78 is 2.32. The summed E-state index contributed by atoms with van der Waals surface area (Å²) in [6.07, 6.45) is 14.0. The van der Waals surface area contributed by atoms with E-state index in [0.717, 1.165) is 12.3 Å². The molecular formula is C17H30NS+. The van der Waals surface area contributed by atoms with Crippen molar-refractivity contribution in [2.45, 2.75) is 71.6 Å². The zero-order valence-corrected chi connectivity index (χ0v) is 13.8. The minimum Gasteiger partial charge on any atom is -0.195 e. The Labute approximate surface area is 123 Å². The third kappa shape index (κ3) is 7.00. The van der Waals surface area contributed by atoms with Crippen LogP contribution in [0.4, 0.5) is 0 Å². The van der Waals surface area contributed by atoms with E-state index in [-0.39, 0.29) is 0 Å². The molecule has 0 saturated carbocycles. The predicted octanol–water partition coefficient (Wildman–Crippen LogP) is 4.90. The molecule has 19 heavy (non-hydrogen) atoms. The Bertz CT molecular complexity index is 349. The molecule has 1 aromatic rings. The van der Waals surface area contributed by atoms with E-state index in [2.05, 4.69) is 55.6 Å². The molecule has 0 saturated heterocycles. The van der Waals surface area contributed by atoms with E-state index < -0.39 is 0 Å². The molecule has 1 heterocycles. The molecular weight excluding hydrogens is 250 g/mol. The van der Waals surface area contributed by atoms with Crippen LogP contribution in [0.2, 0.25) is 0 Å². The van der Waals surface area contributed by atoms with Crippen LogP contribution in [0, 0.1) is 6.92 Å². The first-order chi connectivity index (χ1) is 9.27. The molecule has 0 aliphatic heterocycles. The Morgan fingerprint density at radius 2 is 1.79 bits per heavy atom. The van der Waals surface area contributed by atoms with Crippen molar-refractivity contribution in [3.05, 3.63) is 29.6 Å². The highest BCUT2D eigenvalue weighted by molar-refractivity contribution is 7.98. The lowest BCUT2D eigenvalue weighted by molar-refractivity contribution is -0.676. The highest BCUT2D eigenvalue weighted by atomic mass is 32.2. The molecule has 0 fully saturated rings. The van der Waals surface area contributed by atoms with Crippen molar-refractivity contribution in [2.24, 2.45) is 0 Å². The molecule has 0 amide bonds. The Kier molecular flexibility index (Phi) is 8.98. The molecule has 0 spiro atoms. The van der Waals surface area contributed by atoms with Crippen molar-refractivity contribution >= 4 is 11.8 Å². The van der Waals surface area contributed by atoms with Gasteiger partial charge in [-0.3, -0.25) is 0 Å². The Hall–Kier alpha value is -0.500. The van der Waals surface area contributed by atoms with Crippen LogP contribution in [0.1, 0.15) is 63.5 Å². The summed E-state index contributed by atoms with van der Waals surface area (Å²) in [5.41, 5.74) is 2.89. The van der Waals surface area contributed by atoms with E-state index in [1.807, 2.05) is 0 Å². The van der Waals surface area contributed by atoms with Gasteiger partial charge in [0.05, 0.1) is 0 Å². The highest BCUT2D eigenvalue weighted by Crippen LogP contribution is 2.10. The van der Waals surface area contributed by atoms with E-state index in [9.17, 15) is 0 Å². The fourth-order valence-electron chi connectivity index (χ4n) is 2.32. The van der Waals surface area contributed by atoms with E-state index in [0.29, 0.717) is 0 Å². The van der Waals surface area contributed by atoms with Gasteiger partial charge >= 0.3 is 0 Å². The fourth-order valence-corrected chi connectivity index (χ4v) is 3.23. The van der Waals surface area contributed by atoms with Gasteiger partial charge in [0.2, 0.25) is 0 Å². The molecule has 0 aliphatic rings. The van der Waals surface area contributed by atoms with Crippen molar-refractivity contribution in [2.75, 3.05) is 5.75 Å². The summed E-state index contributed by atoms with van der Waals surface area (Å²) in [7, 11) is 0. The maximum Gasteiger partial charge on any atom is 0.194 e. The van der Waals surface area contributed by atoms with Crippen LogP contribution in [-0.2, 0) is 12.3 Å². The molecule has 0 unspecified atom stereocenters. The second kappa shape index (κ2) is 10.3. The van der Waals surface area contributed by atoms with Gasteiger partial charge in [-0.15, -0.1) is 0 Å². The number of pyridine rings is 1. The van der Waals surface area contributed by atoms with Crippen LogP contribution < -0.4 is 4.57 Å². The highest BCUT2D eigenvalue weighted by Gasteiger charge is 2.04. The lowest BCUT2D eigenvalue weighted by atomic mass is 10.1. The second-order valence-corrected chi connectivity index (χ2v) is 6.40. The topological polar surface area (TPSA) is 3.88 Å². The molecule has 1 rings (SSSR count). The number of hydrogen-bond acceptors (Lipinski definition) is 1. The Balaban J connectivity index is 2.11. The number of hydrogen-bond donors (Lipinski definition) is 0. The van der Waals surface area contributed by atoms with Crippen molar-refractivity contribution < 1.29 is 4.57 Å². The van der Waals surface area contributed by atoms with E-state index in [1.54, 1.807) is 0 Å². The minimum atomic E-state index is 1.10. The number of unbranched alkanes of at least 4 members (excludes halogenated alkanes) is 5. The maximum atomic E-state index is 2.32. The molecule has 0 bridgehead atoms. The third-order valence-corrected chi connectivity index (χ3v) is 4.65. The molecule has 0 atom stereocenters. The molecule has 1 nitrogen and oxygen atoms in total. The van der Waals surface area contributed by atoms with E-state index in [4.69, 9.17) is 0 Å². The summed E-state index contributed by atoms with van der Waals surface area (Å²) in [6, 6.07) is 2.26. The zero-order chi connectivity index (χ0) is 13.9. The summed E-state index contributed by atoms with van der Waals surface area (Å²) in [4.78, 5) is 0. The average Bonchev–Trinajstić information content (AvgIpc) is 2.42. The third-order valence-electron chi connectivity index (χ3n) is 3.60. The Morgan fingerprint density at radius 1 is 1.05 bits per heavy atom. The molecule has 0 aromatic carbocycles. The lowest BCUT2D eigenvalue weighted by Crippen LogP contribution is -2.32. The largest absolute Gasteiger partial charge is 0.195 e. The first-order valence-electron chi connectivity index (χ1n) is 7.84. The monoisotopic (exact) mass is 280 g/mol. The van der Waals surface area contributed by atoms with Gasteiger partial charge in [0.25, 0.3) is 0 Å². The van der Waals surface area contributed by atoms with Gasteiger partial charge in [0, 0.05) is 11.6 Å². The van der Waals surface area contributed by atoms with Crippen LogP contribution >= 0.6 is 11.8 Å². The number of aryl methyl sites for hydroxylation is 2. The van der Waals surface area contributed by atoms with Crippen molar-refractivity contribution in [3.8, 4) is 0 Å². The maximum absolute atomic E-state index is 2.32. The summed E-state index contributed by atoms with van der Waals surface area (Å²) >= 11 is 2.06.